The summed E-state index contributed by atoms with van der Waals surface area (Å²) in [6.45, 7) is 9.70. The topological polar surface area (TPSA) is 21.3 Å². The molecule has 0 aliphatic heterocycles. The number of hydrogen-bond donors (Lipinski definition) is 1. The fraction of sp³-hybridized carbons (Fsp3) is 1.00. The minimum absolute atomic E-state index is 0.255. The first kappa shape index (κ1) is 14.0. The molecule has 1 aliphatic rings. The molecule has 1 N–H and O–H groups in total. The largest absolute Gasteiger partial charge is 0.381 e. The van der Waals surface area contributed by atoms with Crippen LogP contribution in [0.25, 0.3) is 0 Å². The van der Waals surface area contributed by atoms with Crippen molar-refractivity contribution in [2.75, 3.05) is 19.8 Å². The van der Waals surface area contributed by atoms with Gasteiger partial charge in [0.2, 0.25) is 0 Å². The van der Waals surface area contributed by atoms with E-state index in [0.717, 1.165) is 25.7 Å². The van der Waals surface area contributed by atoms with Gasteiger partial charge in [0.05, 0.1) is 0 Å². The lowest BCUT2D eigenvalue weighted by molar-refractivity contribution is 0.0980. The third-order valence-electron chi connectivity index (χ3n) is 3.20. The van der Waals surface area contributed by atoms with Crippen molar-refractivity contribution in [3.8, 4) is 0 Å². The number of rotatable bonds is 7. The van der Waals surface area contributed by atoms with Gasteiger partial charge in [-0.3, -0.25) is 0 Å². The highest BCUT2D eigenvalue weighted by Gasteiger charge is 2.14. The lowest BCUT2D eigenvalue weighted by Gasteiger charge is -2.20. The number of unbranched alkanes of at least 4 members (excludes halogenated alkanes) is 1. The molecule has 1 rings (SSSR count). The highest BCUT2D eigenvalue weighted by Crippen LogP contribution is 2.24. The van der Waals surface area contributed by atoms with Crippen molar-refractivity contribution in [2.24, 2.45) is 5.92 Å². The Balaban J connectivity index is 1.81. The molecule has 0 atom stereocenters. The molecule has 1 saturated carbocycles. The van der Waals surface area contributed by atoms with Crippen LogP contribution in [0.4, 0.5) is 0 Å². The minimum Gasteiger partial charge on any atom is -0.381 e. The molecule has 0 bridgehead atoms. The van der Waals surface area contributed by atoms with E-state index in [1.807, 2.05) is 0 Å². The lowest BCUT2D eigenvalue weighted by atomic mass is 10.1. The molecule has 2 heteroatoms. The van der Waals surface area contributed by atoms with Crippen LogP contribution < -0.4 is 5.32 Å². The molecule has 0 aromatic rings. The first-order valence-corrected chi connectivity index (χ1v) is 6.91. The molecular formula is C14H29NO. The summed E-state index contributed by atoms with van der Waals surface area (Å²) in [6, 6.07) is 0. The molecule has 0 unspecified atom stereocenters. The second-order valence-electron chi connectivity index (χ2n) is 6.11. The molecule has 0 amide bonds. The molecule has 2 nitrogen and oxygen atoms in total. The quantitative estimate of drug-likeness (QED) is 0.673. The molecule has 1 aliphatic carbocycles. The van der Waals surface area contributed by atoms with E-state index in [-0.39, 0.29) is 5.54 Å². The van der Waals surface area contributed by atoms with Gasteiger partial charge in [0.1, 0.15) is 0 Å². The van der Waals surface area contributed by atoms with Crippen LogP contribution >= 0.6 is 0 Å². The monoisotopic (exact) mass is 227 g/mol. The van der Waals surface area contributed by atoms with Crippen molar-refractivity contribution < 1.29 is 4.74 Å². The van der Waals surface area contributed by atoms with E-state index in [1.165, 1.54) is 38.5 Å². The molecule has 1 fully saturated rings. The predicted molar refractivity (Wildman–Crippen MR) is 69.8 cm³/mol. The predicted octanol–water partition coefficient (Wildman–Crippen LogP) is 3.36. The van der Waals surface area contributed by atoms with Crippen molar-refractivity contribution in [1.82, 2.24) is 5.32 Å². The van der Waals surface area contributed by atoms with E-state index < -0.39 is 0 Å². The Morgan fingerprint density at radius 2 is 1.81 bits per heavy atom. The van der Waals surface area contributed by atoms with E-state index in [4.69, 9.17) is 4.74 Å². The van der Waals surface area contributed by atoms with Gasteiger partial charge in [0.15, 0.2) is 0 Å². The fourth-order valence-electron chi connectivity index (χ4n) is 2.22. The van der Waals surface area contributed by atoms with Gasteiger partial charge in [-0.1, -0.05) is 12.8 Å². The lowest BCUT2D eigenvalue weighted by Crippen LogP contribution is -2.36. The molecule has 96 valence electrons. The zero-order valence-electron chi connectivity index (χ0n) is 11.3. The maximum atomic E-state index is 5.72. The Labute approximate surface area is 101 Å². The first-order valence-electron chi connectivity index (χ1n) is 6.91. The van der Waals surface area contributed by atoms with Crippen LogP contribution in [0.2, 0.25) is 0 Å². The summed E-state index contributed by atoms with van der Waals surface area (Å²) in [5.74, 6) is 0.868. The van der Waals surface area contributed by atoms with Crippen molar-refractivity contribution in [3.63, 3.8) is 0 Å². The van der Waals surface area contributed by atoms with Gasteiger partial charge in [-0.25, -0.2) is 0 Å². The van der Waals surface area contributed by atoms with Gasteiger partial charge < -0.3 is 10.1 Å². The van der Waals surface area contributed by atoms with Gasteiger partial charge in [0.25, 0.3) is 0 Å². The highest BCUT2D eigenvalue weighted by atomic mass is 16.5. The van der Waals surface area contributed by atoms with Gasteiger partial charge in [-0.05, 0) is 58.9 Å². The van der Waals surface area contributed by atoms with E-state index in [9.17, 15) is 0 Å². The van der Waals surface area contributed by atoms with Gasteiger partial charge in [-0.15, -0.1) is 0 Å². The summed E-state index contributed by atoms with van der Waals surface area (Å²) < 4.78 is 5.72. The van der Waals surface area contributed by atoms with Gasteiger partial charge in [0, 0.05) is 18.8 Å². The second kappa shape index (κ2) is 7.29. The standard InChI is InChI=1S/C14H29NO/c1-14(2,3)15-10-6-7-11-16-12-13-8-4-5-9-13/h13,15H,4-12H2,1-3H3. The average Bonchev–Trinajstić information content (AvgIpc) is 2.67. The maximum absolute atomic E-state index is 5.72. The minimum atomic E-state index is 0.255. The van der Waals surface area contributed by atoms with E-state index >= 15 is 0 Å². The van der Waals surface area contributed by atoms with Crippen LogP contribution in [0.3, 0.4) is 0 Å². The number of nitrogens with one attached hydrogen (secondary N) is 1. The summed E-state index contributed by atoms with van der Waals surface area (Å²) in [5, 5.41) is 3.50. The third-order valence-corrected chi connectivity index (χ3v) is 3.20. The molecule has 16 heavy (non-hydrogen) atoms. The Morgan fingerprint density at radius 3 is 2.44 bits per heavy atom. The van der Waals surface area contributed by atoms with Gasteiger partial charge in [-0.2, -0.15) is 0 Å². The van der Waals surface area contributed by atoms with Crippen LogP contribution in [0, 0.1) is 5.92 Å². The maximum Gasteiger partial charge on any atom is 0.0494 e. The van der Waals surface area contributed by atoms with Crippen molar-refractivity contribution in [2.45, 2.75) is 64.8 Å². The fourth-order valence-corrected chi connectivity index (χ4v) is 2.22. The summed E-state index contributed by atoms with van der Waals surface area (Å²) >= 11 is 0. The summed E-state index contributed by atoms with van der Waals surface area (Å²) in [4.78, 5) is 0. The zero-order chi connectivity index (χ0) is 11.9. The Hall–Kier alpha value is -0.0800. The van der Waals surface area contributed by atoms with E-state index in [2.05, 4.69) is 26.1 Å². The summed E-state index contributed by atoms with van der Waals surface area (Å²) in [6.07, 6.45) is 8.04. The summed E-state index contributed by atoms with van der Waals surface area (Å²) in [5.41, 5.74) is 0.255. The zero-order valence-corrected chi connectivity index (χ0v) is 11.3. The number of ether oxygens (including phenoxy) is 1. The molecule has 0 radical (unpaired) electrons. The van der Waals surface area contributed by atoms with Crippen LogP contribution in [-0.2, 0) is 4.74 Å². The Bertz CT molecular complexity index is 168. The molecular weight excluding hydrogens is 198 g/mol. The SMILES string of the molecule is CC(C)(C)NCCCCOCC1CCCC1. The Morgan fingerprint density at radius 1 is 1.12 bits per heavy atom. The molecule has 0 saturated heterocycles. The molecule has 0 spiro atoms. The van der Waals surface area contributed by atoms with Gasteiger partial charge >= 0.3 is 0 Å². The van der Waals surface area contributed by atoms with Crippen LogP contribution in [0.1, 0.15) is 59.3 Å². The van der Waals surface area contributed by atoms with E-state index in [1.54, 1.807) is 0 Å². The van der Waals surface area contributed by atoms with Crippen molar-refractivity contribution in [1.29, 1.82) is 0 Å². The second-order valence-corrected chi connectivity index (χ2v) is 6.11. The smallest absolute Gasteiger partial charge is 0.0494 e. The van der Waals surface area contributed by atoms with E-state index in [0.29, 0.717) is 0 Å². The molecule has 0 heterocycles. The van der Waals surface area contributed by atoms with Crippen LogP contribution in [-0.4, -0.2) is 25.3 Å². The summed E-state index contributed by atoms with van der Waals surface area (Å²) in [7, 11) is 0. The van der Waals surface area contributed by atoms with Crippen molar-refractivity contribution in [3.05, 3.63) is 0 Å². The highest BCUT2D eigenvalue weighted by molar-refractivity contribution is 4.69. The third kappa shape index (κ3) is 7.24. The normalized spacial score (nSPS) is 18.2. The average molecular weight is 227 g/mol. The molecule has 0 aromatic heterocycles. The van der Waals surface area contributed by atoms with Crippen LogP contribution in [0.15, 0.2) is 0 Å². The van der Waals surface area contributed by atoms with Crippen molar-refractivity contribution >= 4 is 0 Å². The Kier molecular flexibility index (Phi) is 6.37. The first-order chi connectivity index (χ1) is 7.58. The molecule has 0 aromatic carbocycles. The van der Waals surface area contributed by atoms with Crippen LogP contribution in [0.5, 0.6) is 0 Å². The number of hydrogen-bond acceptors (Lipinski definition) is 2.